The molecule has 2 aliphatic rings. The zero-order valence-corrected chi connectivity index (χ0v) is 32.5. The molecule has 5 nitrogen and oxygen atoms in total. The van der Waals surface area contributed by atoms with Gasteiger partial charge in [0, 0.05) is 60.8 Å². The van der Waals surface area contributed by atoms with Crippen molar-refractivity contribution in [2.75, 3.05) is 6.67 Å². The number of nitrogens with one attached hydrogen (secondary N) is 1. The quantitative estimate of drug-likeness (QED) is 0.138. The van der Waals surface area contributed by atoms with Gasteiger partial charge >= 0.3 is 0 Å². The molecule has 0 unspecified atom stereocenters. The molecule has 8 aromatic rings. The minimum absolute atomic E-state index is 0.250. The highest BCUT2D eigenvalue weighted by Gasteiger charge is 2.20. The molecule has 0 amide bonds. The summed E-state index contributed by atoms with van der Waals surface area (Å²) in [5.41, 5.74) is 17.3. The summed E-state index contributed by atoms with van der Waals surface area (Å²) in [5.74, 6) is 0.880. The molecule has 2 aliphatic carbocycles. The van der Waals surface area contributed by atoms with E-state index < -0.39 is 0 Å². The number of aliphatic imine (C=N–C) groups is 1. The molecular formula is C48H49N5S. The number of rotatable bonds is 4. The molecular weight excluding hydrogens is 679 g/mol. The Hall–Kier alpha value is -5.69. The second kappa shape index (κ2) is 17.0. The van der Waals surface area contributed by atoms with Gasteiger partial charge in [-0.15, -0.1) is 11.3 Å². The summed E-state index contributed by atoms with van der Waals surface area (Å²) < 4.78 is 4.73. The lowest BCUT2D eigenvalue weighted by molar-refractivity contribution is 0.891. The van der Waals surface area contributed by atoms with Crippen molar-refractivity contribution >= 4 is 78.3 Å². The number of aromatic amines is 1. The van der Waals surface area contributed by atoms with Crippen molar-refractivity contribution in [3.8, 4) is 5.69 Å². The van der Waals surface area contributed by atoms with Gasteiger partial charge in [0.2, 0.25) is 0 Å². The lowest BCUT2D eigenvalue weighted by atomic mass is 10.0. The number of hydrogen-bond acceptors (Lipinski definition) is 3. The molecule has 10 rings (SSSR count). The fraction of sp³-hybridized carbons (Fsp3) is 0.188. The van der Waals surface area contributed by atoms with Gasteiger partial charge in [0.1, 0.15) is 10.7 Å². The Morgan fingerprint density at radius 2 is 1.30 bits per heavy atom. The maximum Gasteiger partial charge on any atom is 0.133 e. The van der Waals surface area contributed by atoms with E-state index in [9.17, 15) is 0 Å². The third-order valence-corrected chi connectivity index (χ3v) is 10.8. The van der Waals surface area contributed by atoms with Crippen LogP contribution in [0.1, 0.15) is 68.6 Å². The summed E-state index contributed by atoms with van der Waals surface area (Å²) in [5, 5.41) is 7.43. The van der Waals surface area contributed by atoms with Gasteiger partial charge in [0.05, 0.1) is 12.2 Å². The van der Waals surface area contributed by atoms with Crippen LogP contribution in [0.5, 0.6) is 0 Å². The van der Waals surface area contributed by atoms with Crippen LogP contribution in [0.4, 0.5) is 0 Å². The first-order valence-electron chi connectivity index (χ1n) is 19.3. The third-order valence-electron chi connectivity index (χ3n) is 9.87. The number of allylic oxidation sites excluding steroid dienone is 3. The van der Waals surface area contributed by atoms with Gasteiger partial charge in [-0.25, -0.2) is 0 Å². The first-order chi connectivity index (χ1) is 26.8. The van der Waals surface area contributed by atoms with Crippen molar-refractivity contribution < 1.29 is 0 Å². The minimum atomic E-state index is 0.250. The van der Waals surface area contributed by atoms with E-state index in [2.05, 4.69) is 159 Å². The number of nitrogens with zero attached hydrogens (tertiary/aromatic N) is 3. The highest BCUT2D eigenvalue weighted by Crippen LogP contribution is 2.37. The summed E-state index contributed by atoms with van der Waals surface area (Å²) >= 11 is 1.82. The molecule has 272 valence electrons. The molecule has 0 atom stereocenters. The van der Waals surface area contributed by atoms with E-state index in [1.54, 1.807) is 0 Å². The Balaban J connectivity index is 0.000000220. The average molecular weight is 728 g/mol. The predicted molar refractivity (Wildman–Crippen MR) is 237 cm³/mol. The molecule has 6 heteroatoms. The largest absolute Gasteiger partial charge is 0.355 e. The van der Waals surface area contributed by atoms with Gasteiger partial charge < -0.3 is 15.3 Å². The molecule has 0 saturated carbocycles. The molecule has 0 aliphatic heterocycles. The lowest BCUT2D eigenvalue weighted by Crippen LogP contribution is -2.15. The molecule has 0 saturated heterocycles. The Morgan fingerprint density at radius 3 is 1.96 bits per heavy atom. The standard InChI is InChI=1S/C32H28N4S.C12H9N.2C2H6/c33-21-34-31(36-29-11-5-1-7-24(29)25-8-2-6-12-30(25)36)18-15-22-13-16-23(17-14-22)35-28-10-4-3-9-26(28)27-19-20-37-32(27)35;1-3-7-11-9(5-1)10-6-2-4-8-12(10)13-11;2*1-2/h1-3,5,7-9,11,13-20H,4,6,10,12,21,33H2;1-8,13H;2*1-2H3/b18-15-,34-31+;;;. The maximum absolute atomic E-state index is 5.94. The normalized spacial score (nSPS) is 13.3. The number of nitrogens with two attached hydrogens (primary N) is 1. The smallest absolute Gasteiger partial charge is 0.133 e. The summed E-state index contributed by atoms with van der Waals surface area (Å²) in [7, 11) is 0. The Labute approximate surface area is 322 Å². The van der Waals surface area contributed by atoms with Crippen molar-refractivity contribution in [1.29, 1.82) is 0 Å². The van der Waals surface area contributed by atoms with Crippen molar-refractivity contribution in [1.82, 2.24) is 14.1 Å². The van der Waals surface area contributed by atoms with E-state index in [-0.39, 0.29) is 6.67 Å². The third kappa shape index (κ3) is 6.91. The van der Waals surface area contributed by atoms with Gasteiger partial charge in [-0.1, -0.05) is 125 Å². The molecule has 54 heavy (non-hydrogen) atoms. The van der Waals surface area contributed by atoms with Crippen molar-refractivity contribution in [2.45, 2.75) is 53.4 Å². The van der Waals surface area contributed by atoms with E-state index in [0.717, 1.165) is 37.1 Å². The monoisotopic (exact) mass is 727 g/mol. The zero-order chi connectivity index (χ0) is 37.4. The predicted octanol–water partition coefficient (Wildman–Crippen LogP) is 12.8. The van der Waals surface area contributed by atoms with E-state index in [0.29, 0.717) is 0 Å². The van der Waals surface area contributed by atoms with Gasteiger partial charge in [0.15, 0.2) is 0 Å². The molecule has 0 bridgehead atoms. The van der Waals surface area contributed by atoms with Crippen LogP contribution in [-0.4, -0.2) is 26.6 Å². The lowest BCUT2D eigenvalue weighted by Gasteiger charge is -2.14. The fourth-order valence-electron chi connectivity index (χ4n) is 7.63. The molecule has 4 aromatic heterocycles. The number of hydrogen-bond donors (Lipinski definition) is 2. The van der Waals surface area contributed by atoms with Crippen LogP contribution in [0.3, 0.4) is 0 Å². The Bertz CT molecular complexity index is 2580. The van der Waals surface area contributed by atoms with Crippen LogP contribution in [0.2, 0.25) is 0 Å². The minimum Gasteiger partial charge on any atom is -0.355 e. The molecule has 3 N–H and O–H groups in total. The summed E-state index contributed by atoms with van der Waals surface area (Å²) in [6.07, 6.45) is 17.6. The number of aromatic nitrogens is 3. The molecule has 0 spiro atoms. The summed E-state index contributed by atoms with van der Waals surface area (Å²) in [6, 6.07) is 36.4. The van der Waals surface area contributed by atoms with E-state index in [1.807, 2.05) is 39.0 Å². The fourth-order valence-corrected chi connectivity index (χ4v) is 8.59. The van der Waals surface area contributed by atoms with E-state index in [1.165, 1.54) is 71.1 Å². The SMILES string of the molecule is CC.CC.NC/N=C(\C=C/c1ccc(-n2c3c(c4ccsc42)C=CCC3)cc1)n1c2c(c3ccccc31)C=CCC2.c1ccc2c(c1)[nH]c1ccccc12. The maximum atomic E-state index is 5.94. The number of H-pyrrole nitrogens is 1. The first kappa shape index (κ1) is 36.7. The van der Waals surface area contributed by atoms with Crippen LogP contribution in [0.25, 0.3) is 66.8 Å². The van der Waals surface area contributed by atoms with Crippen LogP contribution in [0, 0.1) is 0 Å². The molecule has 0 fully saturated rings. The number of thiophene rings is 1. The van der Waals surface area contributed by atoms with Crippen molar-refractivity contribution in [3.05, 3.63) is 155 Å². The van der Waals surface area contributed by atoms with Crippen LogP contribution in [-0.2, 0) is 12.8 Å². The Morgan fingerprint density at radius 1 is 0.704 bits per heavy atom. The summed E-state index contributed by atoms with van der Waals surface area (Å²) in [6.45, 7) is 8.25. The highest BCUT2D eigenvalue weighted by atomic mass is 32.1. The average Bonchev–Trinajstić information content (AvgIpc) is 4.02. The van der Waals surface area contributed by atoms with Crippen LogP contribution < -0.4 is 5.73 Å². The van der Waals surface area contributed by atoms with Crippen LogP contribution >= 0.6 is 11.3 Å². The highest BCUT2D eigenvalue weighted by molar-refractivity contribution is 7.16. The number of benzene rings is 4. The number of para-hydroxylation sites is 3. The molecule has 4 heterocycles. The number of fused-ring (bicyclic) bond motifs is 9. The zero-order valence-electron chi connectivity index (χ0n) is 31.7. The van der Waals surface area contributed by atoms with Crippen LogP contribution in [0.15, 0.2) is 132 Å². The van der Waals surface area contributed by atoms with E-state index >= 15 is 0 Å². The second-order valence-corrected chi connectivity index (χ2v) is 13.7. The van der Waals surface area contributed by atoms with Gasteiger partial charge in [-0.2, -0.15) is 0 Å². The van der Waals surface area contributed by atoms with Crippen molar-refractivity contribution in [3.63, 3.8) is 0 Å². The summed E-state index contributed by atoms with van der Waals surface area (Å²) in [4.78, 5) is 9.42. The molecule has 0 radical (unpaired) electrons. The topological polar surface area (TPSA) is 64.0 Å². The van der Waals surface area contributed by atoms with Gasteiger partial charge in [-0.05, 0) is 79.1 Å². The van der Waals surface area contributed by atoms with Gasteiger partial charge in [-0.3, -0.25) is 9.56 Å². The van der Waals surface area contributed by atoms with E-state index in [4.69, 9.17) is 10.7 Å². The van der Waals surface area contributed by atoms with Gasteiger partial charge in [0.25, 0.3) is 0 Å². The first-order valence-corrected chi connectivity index (χ1v) is 20.2. The molecule has 4 aromatic carbocycles. The van der Waals surface area contributed by atoms with Crippen molar-refractivity contribution in [2.24, 2.45) is 10.7 Å². The Kier molecular flexibility index (Phi) is 11.5. The second-order valence-electron chi connectivity index (χ2n) is 12.8.